The van der Waals surface area contributed by atoms with Gasteiger partial charge in [-0.3, -0.25) is 9.78 Å². The number of aromatic nitrogens is 1. The maximum absolute atomic E-state index is 12.0. The molecule has 0 spiro atoms. The van der Waals surface area contributed by atoms with Crippen molar-refractivity contribution in [3.05, 3.63) is 29.0 Å². The van der Waals surface area contributed by atoms with Crippen LogP contribution in [0.5, 0.6) is 0 Å². The Hall–Kier alpha value is -1.13. The lowest BCUT2D eigenvalue weighted by atomic mass is 10.2. The third-order valence-corrected chi connectivity index (χ3v) is 2.69. The minimum absolute atomic E-state index is 0.00160. The molecule has 1 rings (SSSR count). The van der Waals surface area contributed by atoms with E-state index in [1.54, 1.807) is 31.3 Å². The highest BCUT2D eigenvalue weighted by atomic mass is 35.5. The van der Waals surface area contributed by atoms with Crippen molar-refractivity contribution in [2.24, 2.45) is 0 Å². The monoisotopic (exact) mass is 242 g/mol. The van der Waals surface area contributed by atoms with Gasteiger partial charge in [0.25, 0.3) is 5.91 Å². The highest BCUT2D eigenvalue weighted by molar-refractivity contribution is 6.33. The molecule has 0 saturated carbocycles. The average Bonchev–Trinajstić information content (AvgIpc) is 2.28. The number of carbonyl (C=O) groups is 1. The minimum atomic E-state index is -0.128. The molecule has 1 amide bonds. The smallest absolute Gasteiger partial charge is 0.255 e. The maximum Gasteiger partial charge on any atom is 0.255 e. The van der Waals surface area contributed by atoms with Crippen molar-refractivity contribution < 1.29 is 9.53 Å². The zero-order chi connectivity index (χ0) is 12.1. The molecular formula is C11H15ClN2O2. The zero-order valence-corrected chi connectivity index (χ0v) is 10.4. The number of nitrogens with zero attached hydrogens (tertiary/aromatic N) is 2. The summed E-state index contributed by atoms with van der Waals surface area (Å²) in [5, 5.41) is 0.365. The Morgan fingerprint density at radius 2 is 2.38 bits per heavy atom. The number of likely N-dealkylation sites (N-methyl/N-ethyl adjacent to an activating group) is 1. The van der Waals surface area contributed by atoms with Gasteiger partial charge in [-0.2, -0.15) is 0 Å². The number of rotatable bonds is 4. The van der Waals surface area contributed by atoms with E-state index < -0.39 is 0 Å². The van der Waals surface area contributed by atoms with E-state index in [2.05, 4.69) is 4.98 Å². The first-order valence-electron chi connectivity index (χ1n) is 4.93. The number of ether oxygens (including phenoxy) is 1. The van der Waals surface area contributed by atoms with Crippen molar-refractivity contribution in [2.75, 3.05) is 20.8 Å². The van der Waals surface area contributed by atoms with E-state index in [4.69, 9.17) is 16.3 Å². The van der Waals surface area contributed by atoms with Gasteiger partial charge in [0.1, 0.15) is 0 Å². The molecule has 0 radical (unpaired) electrons. The summed E-state index contributed by atoms with van der Waals surface area (Å²) in [6.07, 6.45) is 3.01. The van der Waals surface area contributed by atoms with Gasteiger partial charge < -0.3 is 9.64 Å². The van der Waals surface area contributed by atoms with E-state index in [0.717, 1.165) is 0 Å². The first kappa shape index (κ1) is 12.9. The number of amides is 1. The highest BCUT2D eigenvalue weighted by Crippen LogP contribution is 2.16. The van der Waals surface area contributed by atoms with Crippen molar-refractivity contribution in [2.45, 2.75) is 13.0 Å². The topological polar surface area (TPSA) is 42.4 Å². The number of methoxy groups -OCH3 is 1. The second-order valence-electron chi connectivity index (χ2n) is 3.58. The Balaban J connectivity index is 2.82. The molecule has 0 aliphatic rings. The second kappa shape index (κ2) is 5.82. The highest BCUT2D eigenvalue weighted by Gasteiger charge is 2.19. The van der Waals surface area contributed by atoms with Crippen LogP contribution in [0.2, 0.25) is 5.02 Å². The third-order valence-electron chi connectivity index (χ3n) is 2.39. The van der Waals surface area contributed by atoms with Crippen molar-refractivity contribution in [3.63, 3.8) is 0 Å². The molecule has 88 valence electrons. The summed E-state index contributed by atoms with van der Waals surface area (Å²) in [5.74, 6) is -0.128. The summed E-state index contributed by atoms with van der Waals surface area (Å²) in [7, 11) is 3.33. The molecule has 5 heteroatoms. The first-order valence-corrected chi connectivity index (χ1v) is 5.31. The van der Waals surface area contributed by atoms with Crippen LogP contribution in [0.15, 0.2) is 18.5 Å². The fourth-order valence-corrected chi connectivity index (χ4v) is 1.49. The molecule has 1 aromatic rings. The average molecular weight is 243 g/mol. The molecule has 0 aliphatic heterocycles. The van der Waals surface area contributed by atoms with Crippen LogP contribution in [0.4, 0.5) is 0 Å². The zero-order valence-electron chi connectivity index (χ0n) is 9.61. The number of hydrogen-bond donors (Lipinski definition) is 0. The van der Waals surface area contributed by atoms with E-state index in [9.17, 15) is 4.79 Å². The summed E-state index contributed by atoms with van der Waals surface area (Å²) >= 11 is 5.90. The number of halogens is 1. The van der Waals surface area contributed by atoms with Gasteiger partial charge in [-0.05, 0) is 13.0 Å². The van der Waals surface area contributed by atoms with Crippen LogP contribution in [0.25, 0.3) is 0 Å². The Morgan fingerprint density at radius 3 is 2.94 bits per heavy atom. The summed E-state index contributed by atoms with van der Waals surface area (Å²) in [4.78, 5) is 17.5. The normalized spacial score (nSPS) is 12.2. The number of pyridine rings is 1. The van der Waals surface area contributed by atoms with Gasteiger partial charge in [0, 0.05) is 26.6 Å². The van der Waals surface area contributed by atoms with Gasteiger partial charge in [0.2, 0.25) is 0 Å². The number of carbonyl (C=O) groups excluding carboxylic acids is 1. The molecule has 0 bridgehead atoms. The molecule has 1 unspecified atom stereocenters. The Labute approximate surface area is 100 Å². The Morgan fingerprint density at radius 1 is 1.69 bits per heavy atom. The van der Waals surface area contributed by atoms with Gasteiger partial charge in [-0.15, -0.1) is 0 Å². The van der Waals surface area contributed by atoms with E-state index in [-0.39, 0.29) is 11.9 Å². The van der Waals surface area contributed by atoms with Gasteiger partial charge in [-0.25, -0.2) is 0 Å². The van der Waals surface area contributed by atoms with Crippen LogP contribution in [0.1, 0.15) is 17.3 Å². The molecule has 0 aliphatic carbocycles. The fraction of sp³-hybridized carbons (Fsp3) is 0.455. The summed E-state index contributed by atoms with van der Waals surface area (Å²) in [6.45, 7) is 2.40. The maximum atomic E-state index is 12.0. The SMILES string of the molecule is COCC(C)N(C)C(=O)c1ccncc1Cl. The lowest BCUT2D eigenvalue weighted by molar-refractivity contribution is 0.0633. The molecule has 0 N–H and O–H groups in total. The van der Waals surface area contributed by atoms with E-state index >= 15 is 0 Å². The molecule has 1 atom stereocenters. The first-order chi connectivity index (χ1) is 7.57. The quantitative estimate of drug-likeness (QED) is 0.809. The van der Waals surface area contributed by atoms with Gasteiger partial charge in [-0.1, -0.05) is 11.6 Å². The fourth-order valence-electron chi connectivity index (χ4n) is 1.29. The Kier molecular flexibility index (Phi) is 4.71. The lowest BCUT2D eigenvalue weighted by Crippen LogP contribution is -2.37. The van der Waals surface area contributed by atoms with Crippen LogP contribution >= 0.6 is 11.6 Å². The van der Waals surface area contributed by atoms with E-state index in [0.29, 0.717) is 17.2 Å². The molecule has 4 nitrogen and oxygen atoms in total. The molecule has 1 aromatic heterocycles. The molecular weight excluding hydrogens is 228 g/mol. The van der Waals surface area contributed by atoms with Crippen LogP contribution in [-0.2, 0) is 4.74 Å². The predicted molar refractivity (Wildman–Crippen MR) is 62.7 cm³/mol. The molecule has 0 aromatic carbocycles. The van der Waals surface area contributed by atoms with Crippen LogP contribution in [-0.4, -0.2) is 42.6 Å². The standard InChI is InChI=1S/C11H15ClN2O2/c1-8(7-16-3)14(2)11(15)9-4-5-13-6-10(9)12/h4-6,8H,7H2,1-3H3. The molecule has 16 heavy (non-hydrogen) atoms. The van der Waals surface area contributed by atoms with E-state index in [1.807, 2.05) is 6.92 Å². The van der Waals surface area contributed by atoms with Crippen LogP contribution < -0.4 is 0 Å². The summed E-state index contributed by atoms with van der Waals surface area (Å²) in [5.41, 5.74) is 0.460. The minimum Gasteiger partial charge on any atom is -0.383 e. The van der Waals surface area contributed by atoms with Gasteiger partial charge in [0.05, 0.1) is 23.2 Å². The predicted octanol–water partition coefficient (Wildman–Crippen LogP) is 1.84. The lowest BCUT2D eigenvalue weighted by Gasteiger charge is -2.24. The molecule has 0 saturated heterocycles. The Bertz CT molecular complexity index is 371. The third kappa shape index (κ3) is 2.93. The van der Waals surface area contributed by atoms with E-state index in [1.165, 1.54) is 6.20 Å². The van der Waals surface area contributed by atoms with Crippen LogP contribution in [0, 0.1) is 0 Å². The summed E-state index contributed by atoms with van der Waals surface area (Å²) in [6, 6.07) is 1.61. The summed E-state index contributed by atoms with van der Waals surface area (Å²) < 4.78 is 5.00. The van der Waals surface area contributed by atoms with Crippen molar-refractivity contribution in [1.29, 1.82) is 0 Å². The molecule has 0 fully saturated rings. The van der Waals surface area contributed by atoms with Crippen molar-refractivity contribution >= 4 is 17.5 Å². The second-order valence-corrected chi connectivity index (χ2v) is 3.98. The van der Waals surface area contributed by atoms with Crippen molar-refractivity contribution in [1.82, 2.24) is 9.88 Å². The van der Waals surface area contributed by atoms with Crippen LogP contribution in [0.3, 0.4) is 0 Å². The van der Waals surface area contributed by atoms with Gasteiger partial charge in [0.15, 0.2) is 0 Å². The number of hydrogen-bond acceptors (Lipinski definition) is 3. The van der Waals surface area contributed by atoms with Crippen molar-refractivity contribution in [3.8, 4) is 0 Å². The largest absolute Gasteiger partial charge is 0.383 e. The molecule has 1 heterocycles. The van der Waals surface area contributed by atoms with Gasteiger partial charge >= 0.3 is 0 Å².